The van der Waals surface area contributed by atoms with Gasteiger partial charge in [-0.1, -0.05) is 15.9 Å². The van der Waals surface area contributed by atoms with Gasteiger partial charge in [-0.25, -0.2) is 0 Å². The maximum absolute atomic E-state index is 11.3. The van der Waals surface area contributed by atoms with Crippen molar-refractivity contribution in [3.63, 3.8) is 0 Å². The van der Waals surface area contributed by atoms with Crippen molar-refractivity contribution in [2.45, 2.75) is 31.3 Å². The molecule has 4 heteroatoms. The predicted octanol–water partition coefficient (Wildman–Crippen LogP) is 2.93. The molecule has 1 aromatic carbocycles. The Labute approximate surface area is 122 Å². The minimum Gasteiger partial charge on any atom is -0.369 e. The number of carbonyl (C=O) groups is 1. The molecule has 0 saturated carbocycles. The summed E-state index contributed by atoms with van der Waals surface area (Å²) in [5.74, 6) is 0. The van der Waals surface area contributed by atoms with Crippen LogP contribution in [-0.4, -0.2) is 43.4 Å². The van der Waals surface area contributed by atoms with Crippen molar-refractivity contribution < 1.29 is 4.79 Å². The highest BCUT2D eigenvalue weighted by Crippen LogP contribution is 2.32. The molecule has 0 amide bonds. The number of aldehydes is 1. The molecule has 3 nitrogen and oxygen atoms in total. The molecule has 2 fully saturated rings. The fourth-order valence-electron chi connectivity index (χ4n) is 3.44. The Balaban J connectivity index is 1.88. The number of anilines is 1. The summed E-state index contributed by atoms with van der Waals surface area (Å²) in [6.45, 7) is 2.09. The largest absolute Gasteiger partial charge is 0.369 e. The third-order valence-electron chi connectivity index (χ3n) is 4.61. The maximum atomic E-state index is 11.3. The minimum atomic E-state index is 0.635. The number of carbonyl (C=O) groups excluding carboxylic acids is 1. The summed E-state index contributed by atoms with van der Waals surface area (Å²) < 4.78 is 0.965. The first kappa shape index (κ1) is 13.1. The molecule has 0 spiro atoms. The summed E-state index contributed by atoms with van der Waals surface area (Å²) in [6.07, 6.45) is 4.77. The van der Waals surface area contributed by atoms with Crippen LogP contribution in [-0.2, 0) is 0 Å². The van der Waals surface area contributed by atoms with E-state index in [1.165, 1.54) is 19.3 Å². The lowest BCUT2D eigenvalue weighted by molar-refractivity contribution is 0.112. The van der Waals surface area contributed by atoms with E-state index in [4.69, 9.17) is 0 Å². The molecule has 19 heavy (non-hydrogen) atoms. The van der Waals surface area contributed by atoms with E-state index >= 15 is 0 Å². The summed E-state index contributed by atoms with van der Waals surface area (Å²) in [5.41, 5.74) is 1.87. The van der Waals surface area contributed by atoms with E-state index in [9.17, 15) is 4.79 Å². The molecule has 0 aromatic heterocycles. The standard InChI is InChI=1S/C15H19BrN2O/c1-17-13-3-4-14(17)9-18(7-6-13)15-5-2-12(16)8-11(15)10-19/h2,5,8,10,13-14H,3-4,6-7,9H2,1H3. The van der Waals surface area contributed by atoms with Crippen LogP contribution < -0.4 is 4.90 Å². The highest BCUT2D eigenvalue weighted by Gasteiger charge is 2.34. The van der Waals surface area contributed by atoms with Crippen LogP contribution in [0.2, 0.25) is 0 Å². The number of hydrogen-bond donors (Lipinski definition) is 0. The molecule has 2 aliphatic heterocycles. The molecule has 0 radical (unpaired) electrons. The predicted molar refractivity (Wildman–Crippen MR) is 80.9 cm³/mol. The zero-order chi connectivity index (χ0) is 13.4. The average molecular weight is 323 g/mol. The lowest BCUT2D eigenvalue weighted by Gasteiger charge is -2.28. The molecule has 1 aromatic rings. The van der Waals surface area contributed by atoms with E-state index in [0.29, 0.717) is 6.04 Å². The van der Waals surface area contributed by atoms with Gasteiger partial charge in [0.2, 0.25) is 0 Å². The number of rotatable bonds is 2. The number of fused-ring (bicyclic) bond motifs is 2. The number of likely N-dealkylation sites (N-methyl/N-ethyl adjacent to an activating group) is 1. The molecular weight excluding hydrogens is 304 g/mol. The fourth-order valence-corrected chi connectivity index (χ4v) is 3.81. The van der Waals surface area contributed by atoms with Gasteiger partial charge in [-0.05, 0) is 44.5 Å². The molecular formula is C15H19BrN2O. The van der Waals surface area contributed by atoms with Gasteiger partial charge >= 0.3 is 0 Å². The van der Waals surface area contributed by atoms with Crippen molar-refractivity contribution in [3.8, 4) is 0 Å². The molecule has 2 aliphatic rings. The second-order valence-electron chi connectivity index (χ2n) is 5.61. The lowest BCUT2D eigenvalue weighted by atomic mass is 10.1. The highest BCUT2D eigenvalue weighted by atomic mass is 79.9. The van der Waals surface area contributed by atoms with Crippen LogP contribution in [0.1, 0.15) is 29.6 Å². The van der Waals surface area contributed by atoms with Crippen molar-refractivity contribution in [3.05, 3.63) is 28.2 Å². The Morgan fingerprint density at radius 3 is 2.84 bits per heavy atom. The third kappa shape index (κ3) is 2.43. The van der Waals surface area contributed by atoms with E-state index in [2.05, 4.69) is 38.8 Å². The first-order chi connectivity index (χ1) is 9.19. The van der Waals surface area contributed by atoms with Gasteiger partial charge < -0.3 is 4.90 Å². The van der Waals surface area contributed by atoms with E-state index in [-0.39, 0.29) is 0 Å². The summed E-state index contributed by atoms with van der Waals surface area (Å²) >= 11 is 3.43. The van der Waals surface area contributed by atoms with Gasteiger partial charge in [0, 0.05) is 40.9 Å². The Hall–Kier alpha value is -0.870. The Morgan fingerprint density at radius 1 is 1.26 bits per heavy atom. The number of benzene rings is 1. The summed E-state index contributed by atoms with van der Waals surface area (Å²) in [4.78, 5) is 16.2. The van der Waals surface area contributed by atoms with Gasteiger partial charge in [-0.3, -0.25) is 9.69 Å². The van der Waals surface area contributed by atoms with Crippen LogP contribution in [0.4, 0.5) is 5.69 Å². The third-order valence-corrected chi connectivity index (χ3v) is 5.10. The highest BCUT2D eigenvalue weighted by molar-refractivity contribution is 9.10. The number of halogens is 1. The first-order valence-electron chi connectivity index (χ1n) is 6.90. The van der Waals surface area contributed by atoms with Crippen molar-refractivity contribution in [2.75, 3.05) is 25.0 Å². The van der Waals surface area contributed by atoms with Crippen molar-refractivity contribution in [1.29, 1.82) is 0 Å². The second-order valence-corrected chi connectivity index (χ2v) is 6.52. The zero-order valence-electron chi connectivity index (χ0n) is 11.2. The molecule has 2 unspecified atom stereocenters. The Kier molecular flexibility index (Phi) is 3.63. The molecule has 2 heterocycles. The Morgan fingerprint density at radius 2 is 2.05 bits per heavy atom. The van der Waals surface area contributed by atoms with Crippen LogP contribution >= 0.6 is 15.9 Å². The van der Waals surface area contributed by atoms with Gasteiger partial charge in [0.25, 0.3) is 0 Å². The lowest BCUT2D eigenvalue weighted by Crippen LogP contribution is -2.37. The molecule has 2 bridgehead atoms. The number of nitrogens with zero attached hydrogens (tertiary/aromatic N) is 2. The van der Waals surface area contributed by atoms with Crippen molar-refractivity contribution in [1.82, 2.24) is 4.90 Å². The van der Waals surface area contributed by atoms with E-state index in [1.807, 2.05) is 12.1 Å². The summed E-state index contributed by atoms with van der Waals surface area (Å²) in [6, 6.07) is 7.36. The van der Waals surface area contributed by atoms with Crippen molar-refractivity contribution in [2.24, 2.45) is 0 Å². The quantitative estimate of drug-likeness (QED) is 0.782. The Bertz CT molecular complexity index is 491. The monoisotopic (exact) mass is 322 g/mol. The average Bonchev–Trinajstić information content (AvgIpc) is 2.64. The molecule has 0 aliphatic carbocycles. The molecule has 0 N–H and O–H groups in total. The van der Waals surface area contributed by atoms with Gasteiger partial charge in [0.1, 0.15) is 0 Å². The van der Waals surface area contributed by atoms with Crippen LogP contribution in [0.25, 0.3) is 0 Å². The number of hydrogen-bond acceptors (Lipinski definition) is 3. The molecule has 2 atom stereocenters. The van der Waals surface area contributed by atoms with Gasteiger partial charge in [0.05, 0.1) is 0 Å². The van der Waals surface area contributed by atoms with E-state index in [0.717, 1.165) is 41.1 Å². The van der Waals surface area contributed by atoms with E-state index < -0.39 is 0 Å². The minimum absolute atomic E-state index is 0.635. The fraction of sp³-hybridized carbons (Fsp3) is 0.533. The van der Waals surface area contributed by atoms with Gasteiger partial charge in [0.15, 0.2) is 6.29 Å². The molecule has 3 rings (SSSR count). The molecule has 102 valence electrons. The first-order valence-corrected chi connectivity index (χ1v) is 7.70. The van der Waals surface area contributed by atoms with E-state index in [1.54, 1.807) is 0 Å². The second kappa shape index (κ2) is 5.25. The van der Waals surface area contributed by atoms with Crippen molar-refractivity contribution >= 4 is 27.9 Å². The van der Waals surface area contributed by atoms with Crippen LogP contribution in [0, 0.1) is 0 Å². The normalized spacial score (nSPS) is 27.4. The van der Waals surface area contributed by atoms with Crippen LogP contribution in [0.3, 0.4) is 0 Å². The topological polar surface area (TPSA) is 23.6 Å². The summed E-state index contributed by atoms with van der Waals surface area (Å²) in [7, 11) is 2.24. The molecule has 2 saturated heterocycles. The smallest absolute Gasteiger partial charge is 0.152 e. The SMILES string of the molecule is CN1C2CCC1CN(c1ccc(Br)cc1C=O)CC2. The summed E-state index contributed by atoms with van der Waals surface area (Å²) in [5, 5.41) is 0. The van der Waals surface area contributed by atoms with Gasteiger partial charge in [-0.15, -0.1) is 0 Å². The van der Waals surface area contributed by atoms with Crippen LogP contribution in [0.15, 0.2) is 22.7 Å². The van der Waals surface area contributed by atoms with Crippen LogP contribution in [0.5, 0.6) is 0 Å². The van der Waals surface area contributed by atoms with Gasteiger partial charge in [-0.2, -0.15) is 0 Å². The zero-order valence-corrected chi connectivity index (χ0v) is 12.8. The maximum Gasteiger partial charge on any atom is 0.152 e.